The van der Waals surface area contributed by atoms with Crippen molar-refractivity contribution in [2.45, 2.75) is 38.4 Å². The predicted octanol–water partition coefficient (Wildman–Crippen LogP) is 1.12. The largest absolute Gasteiger partial charge is 0.465 e. The molecule has 3 fully saturated rings. The predicted molar refractivity (Wildman–Crippen MR) is 45.1 cm³/mol. The van der Waals surface area contributed by atoms with Crippen molar-refractivity contribution < 1.29 is 14.3 Å². The quantitative estimate of drug-likeness (QED) is 0.526. The molecule has 13 heavy (non-hydrogen) atoms. The summed E-state index contributed by atoms with van der Waals surface area (Å²) in [5.74, 6) is 0.621. The van der Waals surface area contributed by atoms with Crippen LogP contribution in [-0.4, -0.2) is 24.8 Å². The Kier molecular flexibility index (Phi) is 1.36. The lowest BCUT2D eigenvalue weighted by Crippen LogP contribution is -2.38. The van der Waals surface area contributed by atoms with E-state index in [0.29, 0.717) is 18.6 Å². The molecule has 3 aliphatic heterocycles. The van der Waals surface area contributed by atoms with Gasteiger partial charge in [-0.1, -0.05) is 6.92 Å². The maximum atomic E-state index is 11.6. The third-order valence-electron chi connectivity index (χ3n) is 3.93. The maximum Gasteiger partial charge on any atom is 0.314 e. The molecule has 0 amide bonds. The van der Waals surface area contributed by atoms with Gasteiger partial charge in [-0.05, 0) is 18.8 Å². The van der Waals surface area contributed by atoms with Crippen LogP contribution >= 0.6 is 0 Å². The van der Waals surface area contributed by atoms with Gasteiger partial charge in [0.15, 0.2) is 0 Å². The summed E-state index contributed by atoms with van der Waals surface area (Å²) in [6, 6.07) is 0. The van der Waals surface area contributed by atoms with Crippen LogP contribution in [0.4, 0.5) is 0 Å². The summed E-state index contributed by atoms with van der Waals surface area (Å²) in [4.78, 5) is 11.6. The van der Waals surface area contributed by atoms with Crippen molar-refractivity contribution in [2.75, 3.05) is 6.61 Å². The van der Waals surface area contributed by atoms with Crippen molar-refractivity contribution in [3.8, 4) is 0 Å². The zero-order valence-corrected chi connectivity index (χ0v) is 7.79. The molecular weight excluding hydrogens is 168 g/mol. The maximum absolute atomic E-state index is 11.6. The molecule has 2 bridgehead atoms. The first-order chi connectivity index (χ1) is 6.22. The monoisotopic (exact) mass is 182 g/mol. The van der Waals surface area contributed by atoms with Crippen molar-refractivity contribution in [3.05, 3.63) is 0 Å². The van der Waals surface area contributed by atoms with E-state index in [9.17, 15) is 4.79 Å². The zero-order chi connectivity index (χ0) is 9.05. The van der Waals surface area contributed by atoms with Gasteiger partial charge in [0.05, 0.1) is 24.2 Å². The van der Waals surface area contributed by atoms with Crippen molar-refractivity contribution in [1.82, 2.24) is 0 Å². The number of hydrogen-bond acceptors (Lipinski definition) is 3. The van der Waals surface area contributed by atoms with Crippen LogP contribution in [0.2, 0.25) is 0 Å². The van der Waals surface area contributed by atoms with E-state index in [4.69, 9.17) is 9.47 Å². The number of cyclic esters (lactones) is 1. The summed E-state index contributed by atoms with van der Waals surface area (Å²) in [6.45, 7) is 2.80. The molecule has 0 saturated carbocycles. The molecule has 3 rings (SSSR count). The van der Waals surface area contributed by atoms with E-state index in [0.717, 1.165) is 19.3 Å². The molecule has 3 nitrogen and oxygen atoms in total. The molecule has 0 radical (unpaired) electrons. The molecule has 0 aromatic heterocycles. The number of hydrogen-bond donors (Lipinski definition) is 0. The van der Waals surface area contributed by atoms with Crippen LogP contribution in [-0.2, 0) is 14.3 Å². The van der Waals surface area contributed by atoms with Crippen LogP contribution in [0.25, 0.3) is 0 Å². The van der Waals surface area contributed by atoms with Gasteiger partial charge in [-0.25, -0.2) is 0 Å². The summed E-state index contributed by atoms with van der Waals surface area (Å²) in [6.07, 6.45) is 3.29. The zero-order valence-electron chi connectivity index (χ0n) is 7.79. The van der Waals surface area contributed by atoms with Gasteiger partial charge in [0, 0.05) is 6.42 Å². The Balaban J connectivity index is 1.92. The highest BCUT2D eigenvalue weighted by atomic mass is 16.6. The van der Waals surface area contributed by atoms with Crippen molar-refractivity contribution >= 4 is 5.97 Å². The lowest BCUT2D eigenvalue weighted by Gasteiger charge is -2.28. The molecule has 0 N–H and O–H groups in total. The highest BCUT2D eigenvalue weighted by molar-refractivity contribution is 5.80. The summed E-state index contributed by atoms with van der Waals surface area (Å²) >= 11 is 0. The molecule has 3 heterocycles. The molecule has 0 aromatic rings. The van der Waals surface area contributed by atoms with E-state index >= 15 is 0 Å². The standard InChI is InChI=1S/C10H14O3/c1-6-4-8-10(5-7(6)13-8)2-3-12-9(10)11/h6-8H,2-5H2,1H3. The molecule has 3 aliphatic rings. The fourth-order valence-electron chi connectivity index (χ4n) is 3.04. The molecule has 72 valence electrons. The van der Waals surface area contributed by atoms with Crippen LogP contribution in [0.5, 0.6) is 0 Å². The molecule has 0 aliphatic carbocycles. The molecule has 4 atom stereocenters. The summed E-state index contributed by atoms with van der Waals surface area (Å²) in [7, 11) is 0. The smallest absolute Gasteiger partial charge is 0.314 e. The van der Waals surface area contributed by atoms with Gasteiger partial charge in [0.2, 0.25) is 0 Å². The van der Waals surface area contributed by atoms with Crippen LogP contribution in [0.15, 0.2) is 0 Å². The molecule has 3 saturated heterocycles. The van der Waals surface area contributed by atoms with Gasteiger partial charge in [-0.2, -0.15) is 0 Å². The summed E-state index contributed by atoms with van der Waals surface area (Å²) < 4.78 is 10.9. The number of carbonyl (C=O) groups is 1. The minimum Gasteiger partial charge on any atom is -0.465 e. The average molecular weight is 182 g/mol. The second kappa shape index (κ2) is 2.27. The van der Waals surface area contributed by atoms with Gasteiger partial charge in [0.25, 0.3) is 0 Å². The van der Waals surface area contributed by atoms with Crippen LogP contribution < -0.4 is 0 Å². The van der Waals surface area contributed by atoms with Crippen LogP contribution in [0.3, 0.4) is 0 Å². The number of fused-ring (bicyclic) bond motifs is 3. The fourth-order valence-corrected chi connectivity index (χ4v) is 3.04. The van der Waals surface area contributed by atoms with E-state index in [1.807, 2.05) is 0 Å². The highest BCUT2D eigenvalue weighted by Gasteiger charge is 2.61. The van der Waals surface area contributed by atoms with Gasteiger partial charge >= 0.3 is 5.97 Å². The van der Waals surface area contributed by atoms with Crippen molar-refractivity contribution in [1.29, 1.82) is 0 Å². The first-order valence-corrected chi connectivity index (χ1v) is 5.05. The SMILES string of the molecule is CC1CC2OC1CC21CCOC1=O. The third-order valence-corrected chi connectivity index (χ3v) is 3.93. The summed E-state index contributed by atoms with van der Waals surface area (Å²) in [5.41, 5.74) is -0.239. The Morgan fingerprint density at radius 3 is 2.85 bits per heavy atom. The number of carbonyl (C=O) groups excluding carboxylic acids is 1. The van der Waals surface area contributed by atoms with Crippen molar-refractivity contribution in [3.63, 3.8) is 0 Å². The Bertz CT molecular complexity index is 261. The Labute approximate surface area is 77.4 Å². The normalized spacial score (nSPS) is 53.3. The van der Waals surface area contributed by atoms with E-state index in [2.05, 4.69) is 6.92 Å². The summed E-state index contributed by atoms with van der Waals surface area (Å²) in [5, 5.41) is 0. The molecule has 4 unspecified atom stereocenters. The Hall–Kier alpha value is -0.570. The van der Waals surface area contributed by atoms with Gasteiger partial charge in [0.1, 0.15) is 0 Å². The van der Waals surface area contributed by atoms with Crippen LogP contribution in [0.1, 0.15) is 26.2 Å². The average Bonchev–Trinajstić information content (AvgIpc) is 2.70. The van der Waals surface area contributed by atoms with Gasteiger partial charge in [-0.3, -0.25) is 4.79 Å². The molecule has 0 aromatic carbocycles. The number of rotatable bonds is 0. The minimum absolute atomic E-state index is 0.00750. The fraction of sp³-hybridized carbons (Fsp3) is 0.900. The second-order valence-corrected chi connectivity index (χ2v) is 4.62. The number of esters is 1. The molecule has 1 spiro atoms. The van der Waals surface area contributed by atoms with E-state index in [-0.39, 0.29) is 17.5 Å². The van der Waals surface area contributed by atoms with E-state index in [1.54, 1.807) is 0 Å². The lowest BCUT2D eigenvalue weighted by atomic mass is 9.70. The Morgan fingerprint density at radius 2 is 2.38 bits per heavy atom. The number of ether oxygens (including phenoxy) is 2. The van der Waals surface area contributed by atoms with Crippen molar-refractivity contribution in [2.24, 2.45) is 11.3 Å². The van der Waals surface area contributed by atoms with E-state index < -0.39 is 0 Å². The Morgan fingerprint density at radius 1 is 1.54 bits per heavy atom. The molecular formula is C10H14O3. The lowest BCUT2D eigenvalue weighted by molar-refractivity contribution is -0.148. The van der Waals surface area contributed by atoms with Gasteiger partial charge < -0.3 is 9.47 Å². The first kappa shape index (κ1) is 7.80. The van der Waals surface area contributed by atoms with Gasteiger partial charge in [-0.15, -0.1) is 0 Å². The highest BCUT2D eigenvalue weighted by Crippen LogP contribution is 2.54. The molecule has 3 heteroatoms. The second-order valence-electron chi connectivity index (χ2n) is 4.62. The van der Waals surface area contributed by atoms with Crippen LogP contribution in [0, 0.1) is 11.3 Å². The third kappa shape index (κ3) is 0.810. The van der Waals surface area contributed by atoms with E-state index in [1.165, 1.54) is 0 Å². The minimum atomic E-state index is -0.239. The first-order valence-electron chi connectivity index (χ1n) is 5.05. The topological polar surface area (TPSA) is 35.5 Å².